The van der Waals surface area contributed by atoms with Crippen LogP contribution in [0.1, 0.15) is 34.6 Å². The highest BCUT2D eigenvalue weighted by Crippen LogP contribution is 2.25. The van der Waals surface area contributed by atoms with E-state index >= 15 is 0 Å². The van der Waals surface area contributed by atoms with Gasteiger partial charge in [0.1, 0.15) is 0 Å². The SMILES string of the molecule is CC1CN(C(=O)c2ccccc2)CCN1S(=O)(=O)c1ccc(Br)cc1.CC1CN(C(=O)c2ccccc2)CCN1S(=O)(=O)c1ccc(Br)cc1. The number of nitrogens with zero attached hydrogens (tertiary/aromatic N) is 4. The van der Waals surface area contributed by atoms with Gasteiger partial charge in [-0.25, -0.2) is 16.8 Å². The van der Waals surface area contributed by atoms with Gasteiger partial charge in [0.2, 0.25) is 20.0 Å². The average Bonchev–Trinajstić information content (AvgIpc) is 3.12. The van der Waals surface area contributed by atoms with Crippen molar-refractivity contribution in [2.45, 2.75) is 35.7 Å². The highest BCUT2D eigenvalue weighted by atomic mass is 79.9. The maximum Gasteiger partial charge on any atom is 0.253 e. The monoisotopic (exact) mass is 844 g/mol. The third-order valence-electron chi connectivity index (χ3n) is 8.59. The zero-order chi connectivity index (χ0) is 36.1. The molecule has 2 aliphatic rings. The van der Waals surface area contributed by atoms with Crippen molar-refractivity contribution < 1.29 is 26.4 Å². The largest absolute Gasteiger partial charge is 0.336 e. The van der Waals surface area contributed by atoms with Gasteiger partial charge in [-0.05, 0) is 86.6 Å². The number of hydrogen-bond acceptors (Lipinski definition) is 6. The van der Waals surface area contributed by atoms with E-state index in [4.69, 9.17) is 0 Å². The molecule has 0 radical (unpaired) electrons. The number of piperazine rings is 2. The molecule has 6 rings (SSSR count). The first-order valence-corrected chi connectivity index (χ1v) is 20.5. The first kappa shape index (κ1) is 37.8. The van der Waals surface area contributed by atoms with E-state index in [9.17, 15) is 26.4 Å². The smallest absolute Gasteiger partial charge is 0.253 e. The van der Waals surface area contributed by atoms with Gasteiger partial charge in [-0.3, -0.25) is 9.59 Å². The molecule has 0 aliphatic carbocycles. The quantitative estimate of drug-likeness (QED) is 0.237. The molecular weight excluding hydrogens is 808 g/mol. The highest BCUT2D eigenvalue weighted by molar-refractivity contribution is 9.10. The molecule has 2 fully saturated rings. The Labute approximate surface area is 311 Å². The number of halogens is 2. The molecule has 264 valence electrons. The van der Waals surface area contributed by atoms with E-state index in [0.717, 1.165) is 8.95 Å². The Morgan fingerprint density at radius 1 is 0.520 bits per heavy atom. The second kappa shape index (κ2) is 16.3. The fraction of sp³-hybridized carbons (Fsp3) is 0.278. The lowest BCUT2D eigenvalue weighted by molar-refractivity contribution is 0.0637. The van der Waals surface area contributed by atoms with Crippen molar-refractivity contribution in [3.63, 3.8) is 0 Å². The number of benzene rings is 4. The fourth-order valence-electron chi connectivity index (χ4n) is 5.98. The van der Waals surface area contributed by atoms with Crippen LogP contribution in [0, 0.1) is 0 Å². The Hall–Kier alpha value is -3.40. The van der Waals surface area contributed by atoms with Gasteiger partial charge in [-0.1, -0.05) is 68.3 Å². The Balaban J connectivity index is 0.000000194. The zero-order valence-electron chi connectivity index (χ0n) is 27.6. The van der Waals surface area contributed by atoms with E-state index in [1.165, 1.54) is 8.61 Å². The van der Waals surface area contributed by atoms with E-state index in [2.05, 4.69) is 31.9 Å². The van der Waals surface area contributed by atoms with E-state index < -0.39 is 20.0 Å². The average molecular weight is 847 g/mol. The van der Waals surface area contributed by atoms with Crippen LogP contribution in [0.25, 0.3) is 0 Å². The summed E-state index contributed by atoms with van der Waals surface area (Å²) in [6, 6.07) is 30.8. The second-order valence-electron chi connectivity index (χ2n) is 12.1. The first-order chi connectivity index (χ1) is 23.8. The molecule has 4 aromatic rings. The summed E-state index contributed by atoms with van der Waals surface area (Å²) in [5.41, 5.74) is 1.25. The molecule has 2 amide bonds. The molecule has 4 aromatic carbocycles. The van der Waals surface area contributed by atoms with Crippen LogP contribution in [-0.4, -0.2) is 98.4 Å². The van der Waals surface area contributed by atoms with Crippen molar-refractivity contribution in [2.75, 3.05) is 39.3 Å². The summed E-state index contributed by atoms with van der Waals surface area (Å²) in [4.78, 5) is 29.1. The molecular formula is C36H38Br2N4O6S2. The van der Waals surface area contributed by atoms with Crippen molar-refractivity contribution in [2.24, 2.45) is 0 Å². The molecule has 10 nitrogen and oxygen atoms in total. The Bertz CT molecular complexity index is 1850. The van der Waals surface area contributed by atoms with Crippen LogP contribution in [0.4, 0.5) is 0 Å². The van der Waals surface area contributed by atoms with Crippen molar-refractivity contribution in [3.05, 3.63) is 129 Å². The normalized spacial score (nSPS) is 19.0. The molecule has 2 aliphatic heterocycles. The maximum absolute atomic E-state index is 12.9. The Kier molecular flexibility index (Phi) is 12.3. The minimum Gasteiger partial charge on any atom is -0.336 e. The Morgan fingerprint density at radius 2 is 0.840 bits per heavy atom. The molecule has 0 saturated carbocycles. The highest BCUT2D eigenvalue weighted by Gasteiger charge is 2.36. The van der Waals surface area contributed by atoms with Crippen molar-refractivity contribution in [1.29, 1.82) is 0 Å². The van der Waals surface area contributed by atoms with Gasteiger partial charge in [0.15, 0.2) is 0 Å². The Morgan fingerprint density at radius 3 is 1.14 bits per heavy atom. The second-order valence-corrected chi connectivity index (χ2v) is 17.7. The number of sulfonamides is 2. The van der Waals surface area contributed by atoms with Crippen LogP contribution < -0.4 is 0 Å². The van der Waals surface area contributed by atoms with E-state index in [-0.39, 0.29) is 46.8 Å². The first-order valence-electron chi connectivity index (χ1n) is 16.0. The lowest BCUT2D eigenvalue weighted by Crippen LogP contribution is -2.55. The summed E-state index contributed by atoms with van der Waals surface area (Å²) in [7, 11) is -7.13. The molecule has 14 heteroatoms. The predicted octanol–water partition coefficient (Wildman–Crippen LogP) is 5.97. The van der Waals surface area contributed by atoms with Gasteiger partial charge in [0.25, 0.3) is 11.8 Å². The summed E-state index contributed by atoms with van der Waals surface area (Å²) in [6.07, 6.45) is 0. The van der Waals surface area contributed by atoms with Crippen molar-refractivity contribution in [3.8, 4) is 0 Å². The van der Waals surface area contributed by atoms with Crippen LogP contribution >= 0.6 is 31.9 Å². The lowest BCUT2D eigenvalue weighted by atomic mass is 10.1. The lowest BCUT2D eigenvalue weighted by Gasteiger charge is -2.39. The third kappa shape index (κ3) is 8.72. The van der Waals surface area contributed by atoms with Gasteiger partial charge < -0.3 is 9.80 Å². The molecule has 2 heterocycles. The van der Waals surface area contributed by atoms with Gasteiger partial charge >= 0.3 is 0 Å². The summed E-state index contributed by atoms with van der Waals surface area (Å²) >= 11 is 6.63. The molecule has 0 aromatic heterocycles. The number of carbonyl (C=O) groups is 2. The van der Waals surface area contributed by atoms with Crippen LogP contribution in [0.15, 0.2) is 128 Å². The topological polar surface area (TPSA) is 115 Å². The number of amides is 2. The van der Waals surface area contributed by atoms with Gasteiger partial charge in [0.05, 0.1) is 9.79 Å². The van der Waals surface area contributed by atoms with Gasteiger partial charge in [0, 0.05) is 71.4 Å². The van der Waals surface area contributed by atoms with Crippen LogP contribution in [0.3, 0.4) is 0 Å². The van der Waals surface area contributed by atoms with Crippen LogP contribution in [0.2, 0.25) is 0 Å². The molecule has 0 N–H and O–H groups in total. The number of rotatable bonds is 6. The molecule has 2 saturated heterocycles. The minimum atomic E-state index is -3.57. The van der Waals surface area contributed by atoms with Gasteiger partial charge in [-0.2, -0.15) is 8.61 Å². The zero-order valence-corrected chi connectivity index (χ0v) is 32.4. The van der Waals surface area contributed by atoms with Crippen LogP contribution in [0.5, 0.6) is 0 Å². The molecule has 0 spiro atoms. The van der Waals surface area contributed by atoms with E-state index in [1.54, 1.807) is 82.6 Å². The predicted molar refractivity (Wildman–Crippen MR) is 200 cm³/mol. The van der Waals surface area contributed by atoms with E-state index in [1.807, 2.05) is 50.2 Å². The molecule has 0 bridgehead atoms. The minimum absolute atomic E-state index is 0.0619. The van der Waals surface area contributed by atoms with E-state index in [0.29, 0.717) is 37.3 Å². The summed E-state index contributed by atoms with van der Waals surface area (Å²) in [5.74, 6) is -0.124. The number of carbonyl (C=O) groups excluding carboxylic acids is 2. The number of hydrogen-bond donors (Lipinski definition) is 0. The summed E-state index contributed by atoms with van der Waals surface area (Å²) < 4.78 is 56.1. The van der Waals surface area contributed by atoms with Crippen LogP contribution in [-0.2, 0) is 20.0 Å². The van der Waals surface area contributed by atoms with Crippen molar-refractivity contribution >= 4 is 63.7 Å². The molecule has 2 unspecified atom stereocenters. The molecule has 2 atom stereocenters. The molecule has 50 heavy (non-hydrogen) atoms. The van der Waals surface area contributed by atoms with Crippen molar-refractivity contribution in [1.82, 2.24) is 18.4 Å². The summed E-state index contributed by atoms with van der Waals surface area (Å²) in [5, 5.41) is 0. The maximum atomic E-state index is 12.9. The standard InChI is InChI=1S/2C18H19BrN2O3S/c2*1-14-13-20(18(22)15-5-3-2-4-6-15)11-12-21(14)25(23,24)17-9-7-16(19)8-10-17/h2*2-10,14H,11-13H2,1H3. The summed E-state index contributed by atoms with van der Waals surface area (Å²) in [6.45, 7) is 5.77. The fourth-order valence-corrected chi connectivity index (χ4v) is 9.73. The van der Waals surface area contributed by atoms with Gasteiger partial charge in [-0.15, -0.1) is 0 Å². The third-order valence-corrected chi connectivity index (χ3v) is 13.7.